The normalized spacial score (nSPS) is 12.0. The highest BCUT2D eigenvalue weighted by Crippen LogP contribution is 2.14. The van der Waals surface area contributed by atoms with Crippen LogP contribution >= 0.6 is 11.3 Å². The van der Waals surface area contributed by atoms with Gasteiger partial charge in [-0.3, -0.25) is 4.68 Å². The van der Waals surface area contributed by atoms with Crippen molar-refractivity contribution in [2.75, 3.05) is 0 Å². The van der Waals surface area contributed by atoms with Gasteiger partial charge in [-0.05, 0) is 27.2 Å². The molecule has 2 aromatic heterocycles. The van der Waals surface area contributed by atoms with E-state index in [1.807, 2.05) is 17.1 Å². The summed E-state index contributed by atoms with van der Waals surface area (Å²) in [7, 11) is 0. The van der Waals surface area contributed by atoms with Gasteiger partial charge in [0.2, 0.25) is 0 Å². The number of hydrogen-bond donors (Lipinski definition) is 1. The maximum absolute atomic E-state index is 4.40. The van der Waals surface area contributed by atoms with Crippen LogP contribution in [0.5, 0.6) is 0 Å². The maximum Gasteiger partial charge on any atom is 0.107 e. The van der Waals surface area contributed by atoms with Gasteiger partial charge in [-0.1, -0.05) is 6.92 Å². The van der Waals surface area contributed by atoms with E-state index in [-0.39, 0.29) is 5.54 Å². The molecule has 0 aliphatic carbocycles. The minimum atomic E-state index is 0.0452. The first-order valence-corrected chi connectivity index (χ1v) is 7.49. The van der Waals surface area contributed by atoms with Crippen LogP contribution in [-0.2, 0) is 25.0 Å². The molecule has 0 saturated heterocycles. The molecule has 2 aromatic rings. The summed E-state index contributed by atoms with van der Waals surface area (Å²) in [6.07, 6.45) is 7.07. The lowest BCUT2D eigenvalue weighted by Crippen LogP contribution is -2.22. The van der Waals surface area contributed by atoms with Crippen LogP contribution in [0.1, 0.15) is 43.1 Å². The van der Waals surface area contributed by atoms with Crippen LogP contribution in [-0.4, -0.2) is 14.8 Å². The standard InChI is InChI=1S/C14H22N4S/c1-5-12-8-16-13(19-12)9-15-6-11-7-17-18(10-11)14(2,3)4/h7-8,10,15H,5-6,9H2,1-4H3. The van der Waals surface area contributed by atoms with Crippen LogP contribution in [0.4, 0.5) is 0 Å². The summed E-state index contributed by atoms with van der Waals surface area (Å²) in [5.41, 5.74) is 1.26. The molecule has 0 aromatic carbocycles. The SMILES string of the molecule is CCc1cnc(CNCc2cnn(C(C)(C)C)c2)s1. The van der Waals surface area contributed by atoms with Crippen molar-refractivity contribution in [2.24, 2.45) is 0 Å². The summed E-state index contributed by atoms with van der Waals surface area (Å²) in [6.45, 7) is 10.3. The number of aromatic nitrogens is 3. The highest BCUT2D eigenvalue weighted by Gasteiger charge is 2.13. The summed E-state index contributed by atoms with van der Waals surface area (Å²) >= 11 is 1.78. The highest BCUT2D eigenvalue weighted by molar-refractivity contribution is 7.11. The number of nitrogens with one attached hydrogen (secondary N) is 1. The van der Waals surface area contributed by atoms with Gasteiger partial charge in [0.25, 0.3) is 0 Å². The van der Waals surface area contributed by atoms with Crippen molar-refractivity contribution in [1.82, 2.24) is 20.1 Å². The van der Waals surface area contributed by atoms with Crippen molar-refractivity contribution in [3.63, 3.8) is 0 Å². The molecule has 0 aliphatic heterocycles. The highest BCUT2D eigenvalue weighted by atomic mass is 32.1. The van der Waals surface area contributed by atoms with E-state index in [1.165, 1.54) is 10.4 Å². The van der Waals surface area contributed by atoms with Crippen LogP contribution in [0.2, 0.25) is 0 Å². The lowest BCUT2D eigenvalue weighted by atomic mass is 10.1. The van der Waals surface area contributed by atoms with Crippen LogP contribution < -0.4 is 5.32 Å². The Kier molecular flexibility index (Phi) is 4.37. The van der Waals surface area contributed by atoms with Gasteiger partial charge in [0.15, 0.2) is 0 Å². The monoisotopic (exact) mass is 278 g/mol. The second kappa shape index (κ2) is 5.84. The lowest BCUT2D eigenvalue weighted by Gasteiger charge is -2.18. The van der Waals surface area contributed by atoms with E-state index in [1.54, 1.807) is 11.3 Å². The van der Waals surface area contributed by atoms with Crippen molar-refractivity contribution in [3.05, 3.63) is 34.0 Å². The zero-order valence-corrected chi connectivity index (χ0v) is 12.9. The number of hydrogen-bond acceptors (Lipinski definition) is 4. The number of aryl methyl sites for hydroxylation is 1. The molecule has 0 saturated carbocycles. The summed E-state index contributed by atoms with van der Waals surface area (Å²) in [6, 6.07) is 0. The fourth-order valence-corrected chi connectivity index (χ4v) is 2.56. The molecule has 0 bridgehead atoms. The van der Waals surface area contributed by atoms with E-state index in [0.29, 0.717) is 0 Å². The first-order valence-electron chi connectivity index (χ1n) is 6.67. The summed E-state index contributed by atoms with van der Waals surface area (Å²) in [5, 5.41) is 8.96. The second-order valence-electron chi connectivity index (χ2n) is 5.64. The molecule has 1 N–H and O–H groups in total. The van der Waals surface area contributed by atoms with Crippen molar-refractivity contribution < 1.29 is 0 Å². The Hall–Kier alpha value is -1.20. The molecule has 19 heavy (non-hydrogen) atoms. The average molecular weight is 278 g/mol. The Bertz CT molecular complexity index is 522. The van der Waals surface area contributed by atoms with Gasteiger partial charge in [-0.2, -0.15) is 5.10 Å². The van der Waals surface area contributed by atoms with Crippen molar-refractivity contribution >= 4 is 11.3 Å². The number of nitrogens with zero attached hydrogens (tertiary/aromatic N) is 3. The van der Waals surface area contributed by atoms with E-state index >= 15 is 0 Å². The molecule has 5 heteroatoms. The predicted molar refractivity (Wildman–Crippen MR) is 79.3 cm³/mol. The molecule has 4 nitrogen and oxygen atoms in total. The molecule has 2 heterocycles. The lowest BCUT2D eigenvalue weighted by molar-refractivity contribution is 0.355. The van der Waals surface area contributed by atoms with Gasteiger partial charge in [-0.15, -0.1) is 11.3 Å². The van der Waals surface area contributed by atoms with Crippen LogP contribution in [0, 0.1) is 0 Å². The Morgan fingerprint density at radius 2 is 2.05 bits per heavy atom. The van der Waals surface area contributed by atoms with E-state index < -0.39 is 0 Å². The maximum atomic E-state index is 4.40. The minimum Gasteiger partial charge on any atom is -0.306 e. The molecule has 0 atom stereocenters. The molecular weight excluding hydrogens is 256 g/mol. The quantitative estimate of drug-likeness (QED) is 0.914. The van der Waals surface area contributed by atoms with E-state index in [0.717, 1.165) is 24.5 Å². The van der Waals surface area contributed by atoms with Gasteiger partial charge >= 0.3 is 0 Å². The Balaban J connectivity index is 1.84. The fraction of sp³-hybridized carbons (Fsp3) is 0.571. The molecule has 0 aliphatic rings. The van der Waals surface area contributed by atoms with Gasteiger partial charge in [0.1, 0.15) is 5.01 Å². The first-order chi connectivity index (χ1) is 8.99. The molecule has 104 valence electrons. The van der Waals surface area contributed by atoms with Gasteiger partial charge in [0, 0.05) is 35.9 Å². The average Bonchev–Trinajstić information content (AvgIpc) is 2.96. The predicted octanol–water partition coefficient (Wildman–Crippen LogP) is 2.95. The van der Waals surface area contributed by atoms with Gasteiger partial charge in [-0.25, -0.2) is 4.98 Å². The zero-order chi connectivity index (χ0) is 13.9. The van der Waals surface area contributed by atoms with E-state index in [2.05, 4.69) is 49.3 Å². The van der Waals surface area contributed by atoms with Crippen LogP contribution in [0.15, 0.2) is 18.6 Å². The largest absolute Gasteiger partial charge is 0.306 e. The number of rotatable bonds is 5. The third kappa shape index (κ3) is 3.88. The second-order valence-corrected chi connectivity index (χ2v) is 6.84. The molecule has 0 fully saturated rings. The fourth-order valence-electron chi connectivity index (χ4n) is 1.73. The first kappa shape index (κ1) is 14.2. The molecule has 2 rings (SSSR count). The topological polar surface area (TPSA) is 42.7 Å². The van der Waals surface area contributed by atoms with Crippen molar-refractivity contribution in [3.8, 4) is 0 Å². The molecule has 0 amide bonds. The third-order valence-electron chi connectivity index (χ3n) is 2.88. The van der Waals surface area contributed by atoms with Crippen LogP contribution in [0.3, 0.4) is 0 Å². The summed E-state index contributed by atoms with van der Waals surface area (Å²) in [4.78, 5) is 5.74. The summed E-state index contributed by atoms with van der Waals surface area (Å²) < 4.78 is 2.00. The van der Waals surface area contributed by atoms with Crippen LogP contribution in [0.25, 0.3) is 0 Å². The van der Waals surface area contributed by atoms with Crippen molar-refractivity contribution in [1.29, 1.82) is 0 Å². The van der Waals surface area contributed by atoms with Gasteiger partial charge < -0.3 is 5.32 Å². The molecule has 0 radical (unpaired) electrons. The Morgan fingerprint density at radius 1 is 1.26 bits per heavy atom. The third-order valence-corrected chi connectivity index (χ3v) is 4.02. The summed E-state index contributed by atoms with van der Waals surface area (Å²) in [5.74, 6) is 0. The molecule has 0 unspecified atom stereocenters. The molecular formula is C14H22N4S. The van der Waals surface area contributed by atoms with Gasteiger partial charge in [0.05, 0.1) is 11.7 Å². The van der Waals surface area contributed by atoms with E-state index in [4.69, 9.17) is 0 Å². The van der Waals surface area contributed by atoms with E-state index in [9.17, 15) is 0 Å². The molecule has 0 spiro atoms. The smallest absolute Gasteiger partial charge is 0.107 e. The minimum absolute atomic E-state index is 0.0452. The Labute approximate surface area is 118 Å². The van der Waals surface area contributed by atoms with Crippen molar-refractivity contribution in [2.45, 2.75) is 52.7 Å². The Morgan fingerprint density at radius 3 is 2.63 bits per heavy atom. The zero-order valence-electron chi connectivity index (χ0n) is 12.1. The number of thiazole rings is 1.